The average molecular weight is 312 g/mol. The molecule has 0 atom stereocenters. The van der Waals surface area contributed by atoms with E-state index >= 15 is 0 Å². The second kappa shape index (κ2) is 6.20. The fourth-order valence-corrected chi connectivity index (χ4v) is 2.67. The molecule has 0 aliphatic rings. The van der Waals surface area contributed by atoms with Gasteiger partial charge in [0.1, 0.15) is 12.4 Å². The summed E-state index contributed by atoms with van der Waals surface area (Å²) in [7, 11) is -2.59. The summed E-state index contributed by atoms with van der Waals surface area (Å²) >= 11 is 0. The van der Waals surface area contributed by atoms with Crippen molar-refractivity contribution in [2.24, 2.45) is 0 Å². The van der Waals surface area contributed by atoms with Crippen LogP contribution in [0.5, 0.6) is 0 Å². The van der Waals surface area contributed by atoms with Crippen molar-refractivity contribution in [3.63, 3.8) is 0 Å². The Bertz CT molecular complexity index is 708. The zero-order chi connectivity index (χ0) is 15.5. The highest BCUT2D eigenvalue weighted by molar-refractivity contribution is 7.87. The maximum atomic E-state index is 11.7. The second-order valence-corrected chi connectivity index (χ2v) is 6.36. The number of hydrogen-bond acceptors (Lipinski definition) is 4. The minimum Gasteiger partial charge on any atom is -0.480 e. The van der Waals surface area contributed by atoms with E-state index in [9.17, 15) is 13.2 Å². The first-order valence-electron chi connectivity index (χ1n) is 6.25. The molecule has 21 heavy (non-hydrogen) atoms. The Kier molecular flexibility index (Phi) is 4.56. The summed E-state index contributed by atoms with van der Waals surface area (Å²) in [5.41, 5.74) is 1.71. The number of carboxylic acid groups (broad SMARTS) is 1. The molecule has 1 heterocycles. The van der Waals surface area contributed by atoms with Gasteiger partial charge in [-0.25, -0.2) is 9.71 Å². The van der Waals surface area contributed by atoms with Crippen LogP contribution in [-0.2, 0) is 21.4 Å². The van der Waals surface area contributed by atoms with Crippen molar-refractivity contribution in [3.05, 3.63) is 30.1 Å². The number of aromatic amines is 1. The minimum absolute atomic E-state index is 0.131. The number of nitrogens with zero attached hydrogens (tertiary/aromatic N) is 2. The Balaban J connectivity index is 1.92. The Hall–Kier alpha value is -1.97. The summed E-state index contributed by atoms with van der Waals surface area (Å²) in [6.45, 7) is -0.452. The SMILES string of the molecule is CN(CC(=O)O)S(=O)(=O)NCCc1nc2ccccc2[nH]1. The quantitative estimate of drug-likeness (QED) is 0.663. The van der Waals surface area contributed by atoms with Gasteiger partial charge in [-0.3, -0.25) is 4.79 Å². The number of imidazole rings is 1. The molecule has 0 unspecified atom stereocenters. The first-order valence-corrected chi connectivity index (χ1v) is 7.69. The van der Waals surface area contributed by atoms with Crippen LogP contribution in [-0.4, -0.2) is 53.9 Å². The van der Waals surface area contributed by atoms with Gasteiger partial charge in [0.2, 0.25) is 0 Å². The third-order valence-electron chi connectivity index (χ3n) is 2.85. The normalized spacial score (nSPS) is 12.1. The van der Waals surface area contributed by atoms with Crippen molar-refractivity contribution in [1.82, 2.24) is 19.0 Å². The smallest absolute Gasteiger partial charge is 0.318 e. The summed E-state index contributed by atoms with van der Waals surface area (Å²) in [6, 6.07) is 7.50. The summed E-state index contributed by atoms with van der Waals surface area (Å²) in [5, 5.41) is 8.58. The molecule has 0 fully saturated rings. The predicted octanol–water partition coefficient (Wildman–Crippen LogP) is -0.0438. The van der Waals surface area contributed by atoms with Crippen molar-refractivity contribution in [2.75, 3.05) is 20.1 Å². The molecular formula is C12H16N4O4S. The highest BCUT2D eigenvalue weighted by Crippen LogP contribution is 2.10. The van der Waals surface area contributed by atoms with Gasteiger partial charge in [0.15, 0.2) is 0 Å². The van der Waals surface area contributed by atoms with E-state index in [1.165, 1.54) is 7.05 Å². The highest BCUT2D eigenvalue weighted by Gasteiger charge is 2.19. The molecule has 3 N–H and O–H groups in total. The number of benzene rings is 1. The number of H-pyrrole nitrogens is 1. The lowest BCUT2D eigenvalue weighted by Gasteiger charge is -2.15. The number of likely N-dealkylation sites (N-methyl/N-ethyl adjacent to an activating group) is 1. The molecule has 2 rings (SSSR count). The molecule has 0 spiro atoms. The van der Waals surface area contributed by atoms with Gasteiger partial charge in [0.25, 0.3) is 10.2 Å². The van der Waals surface area contributed by atoms with E-state index in [1.807, 2.05) is 24.3 Å². The van der Waals surface area contributed by atoms with Crippen molar-refractivity contribution < 1.29 is 18.3 Å². The van der Waals surface area contributed by atoms with E-state index < -0.39 is 22.7 Å². The second-order valence-electron chi connectivity index (χ2n) is 4.50. The van der Waals surface area contributed by atoms with Crippen molar-refractivity contribution >= 4 is 27.2 Å². The molecule has 0 aliphatic carbocycles. The lowest BCUT2D eigenvalue weighted by atomic mass is 10.3. The Morgan fingerprint density at radius 3 is 2.81 bits per heavy atom. The number of hydrogen-bond donors (Lipinski definition) is 3. The molecule has 0 bridgehead atoms. The van der Waals surface area contributed by atoms with Crippen LogP contribution in [0.25, 0.3) is 11.0 Å². The summed E-state index contributed by atoms with van der Waals surface area (Å²) < 4.78 is 26.6. The Morgan fingerprint density at radius 1 is 1.43 bits per heavy atom. The van der Waals surface area contributed by atoms with Crippen LogP contribution < -0.4 is 4.72 Å². The van der Waals surface area contributed by atoms with Gasteiger partial charge in [-0.05, 0) is 12.1 Å². The largest absolute Gasteiger partial charge is 0.480 e. The van der Waals surface area contributed by atoms with Crippen molar-refractivity contribution in [3.8, 4) is 0 Å². The highest BCUT2D eigenvalue weighted by atomic mass is 32.2. The van der Waals surface area contributed by atoms with Crippen LogP contribution in [0.4, 0.5) is 0 Å². The first kappa shape index (κ1) is 15.4. The number of aliphatic carboxylic acids is 1. The predicted molar refractivity (Wildman–Crippen MR) is 77.0 cm³/mol. The molecular weight excluding hydrogens is 296 g/mol. The van der Waals surface area contributed by atoms with Crippen molar-refractivity contribution in [2.45, 2.75) is 6.42 Å². The van der Waals surface area contributed by atoms with Gasteiger partial charge in [-0.1, -0.05) is 12.1 Å². The van der Waals surface area contributed by atoms with Gasteiger partial charge in [-0.2, -0.15) is 12.7 Å². The molecule has 2 aromatic rings. The molecule has 0 saturated carbocycles. The van der Waals surface area contributed by atoms with Gasteiger partial charge in [-0.15, -0.1) is 0 Å². The van der Waals surface area contributed by atoms with Crippen LogP contribution in [0.15, 0.2) is 24.3 Å². The van der Waals surface area contributed by atoms with Gasteiger partial charge < -0.3 is 10.1 Å². The number of aromatic nitrogens is 2. The number of carboxylic acids is 1. The van der Waals surface area contributed by atoms with Crippen LogP contribution in [0.2, 0.25) is 0 Å². The molecule has 1 aromatic heterocycles. The lowest BCUT2D eigenvalue weighted by molar-refractivity contribution is -0.137. The summed E-state index contributed by atoms with van der Waals surface area (Å²) in [6.07, 6.45) is 0.384. The van der Waals surface area contributed by atoms with Gasteiger partial charge in [0.05, 0.1) is 11.0 Å². The van der Waals surface area contributed by atoms with Crippen LogP contribution >= 0.6 is 0 Å². The van der Waals surface area contributed by atoms with E-state index in [2.05, 4.69) is 14.7 Å². The molecule has 0 saturated heterocycles. The third-order valence-corrected chi connectivity index (χ3v) is 4.37. The first-order chi connectivity index (χ1) is 9.88. The lowest BCUT2D eigenvalue weighted by Crippen LogP contribution is -2.41. The monoisotopic (exact) mass is 312 g/mol. The maximum Gasteiger partial charge on any atom is 0.318 e. The zero-order valence-electron chi connectivity index (χ0n) is 11.4. The Labute approximate surface area is 122 Å². The molecule has 1 aromatic carbocycles. The molecule has 9 heteroatoms. The minimum atomic E-state index is -3.79. The van der Waals surface area contributed by atoms with E-state index in [1.54, 1.807) is 0 Å². The molecule has 0 amide bonds. The van der Waals surface area contributed by atoms with Crippen molar-refractivity contribution in [1.29, 1.82) is 0 Å². The van der Waals surface area contributed by atoms with Crippen LogP contribution in [0.1, 0.15) is 5.82 Å². The number of fused-ring (bicyclic) bond motifs is 1. The van der Waals surface area contributed by atoms with E-state index in [4.69, 9.17) is 5.11 Å². The fraction of sp³-hybridized carbons (Fsp3) is 0.333. The number of para-hydroxylation sites is 2. The van der Waals surface area contributed by atoms with E-state index in [-0.39, 0.29) is 6.54 Å². The summed E-state index contributed by atoms with van der Waals surface area (Å²) in [5.74, 6) is -0.542. The molecule has 0 radical (unpaired) electrons. The molecule has 0 aliphatic heterocycles. The van der Waals surface area contributed by atoms with Crippen LogP contribution in [0, 0.1) is 0 Å². The average Bonchev–Trinajstić information content (AvgIpc) is 2.80. The number of rotatable bonds is 7. The zero-order valence-corrected chi connectivity index (χ0v) is 12.2. The van der Waals surface area contributed by atoms with Gasteiger partial charge >= 0.3 is 5.97 Å². The van der Waals surface area contributed by atoms with Crippen LogP contribution in [0.3, 0.4) is 0 Å². The third kappa shape index (κ3) is 4.00. The summed E-state index contributed by atoms with van der Waals surface area (Å²) in [4.78, 5) is 17.9. The van der Waals surface area contributed by atoms with Gasteiger partial charge in [0, 0.05) is 20.0 Å². The topological polar surface area (TPSA) is 115 Å². The number of nitrogens with one attached hydrogen (secondary N) is 2. The van der Waals surface area contributed by atoms with E-state index in [0.29, 0.717) is 12.2 Å². The number of carbonyl (C=O) groups is 1. The van der Waals surface area contributed by atoms with E-state index in [0.717, 1.165) is 15.3 Å². The Morgan fingerprint density at radius 2 is 2.14 bits per heavy atom. The molecule has 114 valence electrons. The molecule has 8 nitrogen and oxygen atoms in total. The maximum absolute atomic E-state index is 11.7. The standard InChI is InChI=1S/C12H16N4O4S/c1-16(8-12(17)18)21(19,20)13-7-6-11-14-9-4-2-3-5-10(9)15-11/h2-5,13H,6-8H2,1H3,(H,14,15)(H,17,18). The fourth-order valence-electron chi connectivity index (χ4n) is 1.81.